The van der Waals surface area contributed by atoms with Gasteiger partial charge in [0.1, 0.15) is 0 Å². The topological polar surface area (TPSA) is 67.4 Å². The van der Waals surface area contributed by atoms with Crippen molar-refractivity contribution in [3.8, 4) is 0 Å². The molecule has 2 N–H and O–H groups in total. The summed E-state index contributed by atoms with van der Waals surface area (Å²) < 4.78 is 44.4. The maximum Gasteiger partial charge on any atom is 0.436 e. The molecule has 5 nitrogen and oxygen atoms in total. The van der Waals surface area contributed by atoms with E-state index in [4.69, 9.17) is 0 Å². The molecule has 1 amide bonds. The van der Waals surface area contributed by atoms with Crippen molar-refractivity contribution in [3.63, 3.8) is 0 Å². The van der Waals surface area contributed by atoms with Gasteiger partial charge in [-0.2, -0.15) is 13.2 Å². The number of alkyl halides is 3. The minimum Gasteiger partial charge on any atom is -0.463 e. The highest BCUT2D eigenvalue weighted by Gasteiger charge is 2.62. The monoisotopic (exact) mass is 298 g/mol. The Morgan fingerprint density at radius 3 is 2.10 bits per heavy atom. The third-order valence-electron chi connectivity index (χ3n) is 2.45. The van der Waals surface area contributed by atoms with E-state index in [0.29, 0.717) is 12.8 Å². The number of rotatable bonds is 8. The first-order valence-electron chi connectivity index (χ1n) is 6.55. The summed E-state index contributed by atoms with van der Waals surface area (Å²) in [6.45, 7) is 4.39. The second kappa shape index (κ2) is 8.08. The van der Waals surface area contributed by atoms with Gasteiger partial charge in [0.15, 0.2) is 0 Å². The Morgan fingerprint density at radius 1 is 1.10 bits per heavy atom. The number of hydrogen-bond acceptors (Lipinski definition) is 4. The van der Waals surface area contributed by atoms with Gasteiger partial charge in [-0.1, -0.05) is 13.8 Å². The number of esters is 1. The molecule has 0 radical (unpaired) electrons. The lowest BCUT2D eigenvalue weighted by Crippen LogP contribution is -2.72. The van der Waals surface area contributed by atoms with Crippen molar-refractivity contribution in [2.24, 2.45) is 0 Å². The quantitative estimate of drug-likeness (QED) is 0.529. The zero-order chi connectivity index (χ0) is 15.8. The van der Waals surface area contributed by atoms with Gasteiger partial charge in [-0.3, -0.25) is 10.1 Å². The molecular formula is C12H21F3N2O3. The molecular weight excluding hydrogens is 277 g/mol. The number of carbonyl (C=O) groups excluding carboxylic acids is 2. The summed E-state index contributed by atoms with van der Waals surface area (Å²) in [7, 11) is 0. The van der Waals surface area contributed by atoms with Crippen molar-refractivity contribution < 1.29 is 27.5 Å². The standard InChI is InChI=1S/C12H21F3N2O3/c1-4-7-9(18)17-11(12(13,14)15,16-8-5-2)10(19)20-6-3/h16H,4-8H2,1-3H3,(H,17,18). The highest BCUT2D eigenvalue weighted by Crippen LogP contribution is 2.30. The third-order valence-corrected chi connectivity index (χ3v) is 2.45. The van der Waals surface area contributed by atoms with Crippen LogP contribution >= 0.6 is 0 Å². The van der Waals surface area contributed by atoms with Gasteiger partial charge in [-0.25, -0.2) is 4.79 Å². The van der Waals surface area contributed by atoms with Crippen molar-refractivity contribution in [1.82, 2.24) is 10.6 Å². The fourth-order valence-corrected chi connectivity index (χ4v) is 1.50. The molecule has 1 atom stereocenters. The number of ether oxygens (including phenoxy) is 1. The van der Waals surface area contributed by atoms with E-state index in [-0.39, 0.29) is 19.6 Å². The highest BCUT2D eigenvalue weighted by atomic mass is 19.4. The van der Waals surface area contributed by atoms with Gasteiger partial charge < -0.3 is 10.1 Å². The van der Waals surface area contributed by atoms with E-state index >= 15 is 0 Å². The molecule has 0 bridgehead atoms. The Morgan fingerprint density at radius 2 is 1.70 bits per heavy atom. The van der Waals surface area contributed by atoms with E-state index in [1.807, 2.05) is 0 Å². The Labute approximate surface area is 116 Å². The summed E-state index contributed by atoms with van der Waals surface area (Å²) in [6.07, 6.45) is -4.37. The average molecular weight is 298 g/mol. The largest absolute Gasteiger partial charge is 0.463 e. The Bertz CT molecular complexity index is 334. The fraction of sp³-hybridized carbons (Fsp3) is 0.833. The van der Waals surface area contributed by atoms with E-state index in [0.717, 1.165) is 0 Å². The summed E-state index contributed by atoms with van der Waals surface area (Å²) in [4.78, 5) is 23.3. The lowest BCUT2D eigenvalue weighted by molar-refractivity contribution is -0.221. The van der Waals surface area contributed by atoms with Crippen LogP contribution in [-0.2, 0) is 14.3 Å². The van der Waals surface area contributed by atoms with Crippen LogP contribution in [0, 0.1) is 0 Å². The molecule has 1 unspecified atom stereocenters. The summed E-state index contributed by atoms with van der Waals surface area (Å²) in [5.41, 5.74) is -3.19. The molecule has 118 valence electrons. The number of amides is 1. The van der Waals surface area contributed by atoms with E-state index < -0.39 is 23.7 Å². The highest BCUT2D eigenvalue weighted by molar-refractivity contribution is 5.88. The second-order valence-electron chi connectivity index (χ2n) is 4.19. The van der Waals surface area contributed by atoms with Crippen LogP contribution in [0.25, 0.3) is 0 Å². The molecule has 0 aromatic heterocycles. The molecule has 0 fully saturated rings. The number of hydrogen-bond donors (Lipinski definition) is 2. The Hall–Kier alpha value is -1.31. The number of nitrogens with one attached hydrogen (secondary N) is 2. The average Bonchev–Trinajstić information content (AvgIpc) is 2.33. The van der Waals surface area contributed by atoms with Crippen LogP contribution in [0.1, 0.15) is 40.0 Å². The molecule has 0 saturated heterocycles. The molecule has 0 saturated carbocycles. The van der Waals surface area contributed by atoms with Crippen LogP contribution in [0.4, 0.5) is 13.2 Å². The lowest BCUT2D eigenvalue weighted by atomic mass is 10.1. The van der Waals surface area contributed by atoms with Gasteiger partial charge in [0, 0.05) is 6.42 Å². The zero-order valence-corrected chi connectivity index (χ0v) is 11.9. The minimum absolute atomic E-state index is 0.0925. The van der Waals surface area contributed by atoms with Gasteiger partial charge in [0.2, 0.25) is 5.91 Å². The second-order valence-corrected chi connectivity index (χ2v) is 4.19. The van der Waals surface area contributed by atoms with Crippen molar-refractivity contribution in [1.29, 1.82) is 0 Å². The first-order valence-corrected chi connectivity index (χ1v) is 6.55. The number of halogens is 3. The van der Waals surface area contributed by atoms with Crippen LogP contribution < -0.4 is 10.6 Å². The minimum atomic E-state index is -5.00. The van der Waals surface area contributed by atoms with E-state index in [1.165, 1.54) is 6.92 Å². The van der Waals surface area contributed by atoms with Gasteiger partial charge >= 0.3 is 12.1 Å². The summed E-state index contributed by atoms with van der Waals surface area (Å²) in [6, 6.07) is 0. The fourth-order valence-electron chi connectivity index (χ4n) is 1.50. The van der Waals surface area contributed by atoms with Crippen LogP contribution in [0.5, 0.6) is 0 Å². The van der Waals surface area contributed by atoms with Crippen LogP contribution in [0.3, 0.4) is 0 Å². The predicted molar refractivity (Wildman–Crippen MR) is 66.8 cm³/mol. The number of carbonyl (C=O) groups is 2. The molecule has 0 aliphatic heterocycles. The summed E-state index contributed by atoms with van der Waals surface area (Å²) in [5.74, 6) is -2.41. The predicted octanol–water partition coefficient (Wildman–Crippen LogP) is 1.72. The Kier molecular flexibility index (Phi) is 7.55. The normalized spacial score (nSPS) is 14.5. The molecule has 0 spiro atoms. The van der Waals surface area contributed by atoms with Crippen LogP contribution in [0.15, 0.2) is 0 Å². The van der Waals surface area contributed by atoms with Crippen molar-refractivity contribution in [2.45, 2.75) is 51.9 Å². The van der Waals surface area contributed by atoms with Crippen molar-refractivity contribution in [3.05, 3.63) is 0 Å². The van der Waals surface area contributed by atoms with E-state index in [9.17, 15) is 22.8 Å². The van der Waals surface area contributed by atoms with E-state index in [1.54, 1.807) is 19.2 Å². The zero-order valence-electron chi connectivity index (χ0n) is 11.9. The third kappa shape index (κ3) is 4.66. The molecule has 0 rings (SSSR count). The van der Waals surface area contributed by atoms with Crippen molar-refractivity contribution >= 4 is 11.9 Å². The molecule has 0 aromatic carbocycles. The maximum atomic E-state index is 13.3. The van der Waals surface area contributed by atoms with Gasteiger partial charge in [0.05, 0.1) is 6.61 Å². The lowest BCUT2D eigenvalue weighted by Gasteiger charge is -2.34. The Balaban J connectivity index is 5.42. The molecule has 0 aliphatic carbocycles. The van der Waals surface area contributed by atoms with Crippen molar-refractivity contribution in [2.75, 3.05) is 13.2 Å². The smallest absolute Gasteiger partial charge is 0.436 e. The van der Waals surface area contributed by atoms with Crippen LogP contribution in [-0.4, -0.2) is 36.9 Å². The van der Waals surface area contributed by atoms with Gasteiger partial charge in [0.25, 0.3) is 5.66 Å². The molecule has 0 aromatic rings. The molecule has 8 heteroatoms. The first kappa shape index (κ1) is 18.7. The molecule has 0 aliphatic rings. The van der Waals surface area contributed by atoms with Crippen LogP contribution in [0.2, 0.25) is 0 Å². The molecule has 0 heterocycles. The maximum absolute atomic E-state index is 13.3. The summed E-state index contributed by atoms with van der Waals surface area (Å²) >= 11 is 0. The van der Waals surface area contributed by atoms with Gasteiger partial charge in [-0.05, 0) is 26.3 Å². The molecule has 20 heavy (non-hydrogen) atoms. The van der Waals surface area contributed by atoms with E-state index in [2.05, 4.69) is 10.1 Å². The first-order chi connectivity index (χ1) is 9.25. The summed E-state index contributed by atoms with van der Waals surface area (Å²) in [5, 5.41) is 3.81. The SMILES string of the molecule is CCCNC(NC(=O)CCC)(C(=O)OCC)C(F)(F)F. The van der Waals surface area contributed by atoms with Gasteiger partial charge in [-0.15, -0.1) is 0 Å².